The molecule has 0 radical (unpaired) electrons. The first-order valence-corrected chi connectivity index (χ1v) is 5.83. The summed E-state index contributed by atoms with van der Waals surface area (Å²) < 4.78 is 26.9. The van der Waals surface area contributed by atoms with Gasteiger partial charge in [-0.1, -0.05) is 28.1 Å². The Kier molecular flexibility index (Phi) is 3.54. The minimum atomic E-state index is -0.559. The molecule has 0 aromatic heterocycles. The van der Waals surface area contributed by atoms with Crippen LogP contribution in [0.25, 0.3) is 0 Å². The summed E-state index contributed by atoms with van der Waals surface area (Å²) in [5.74, 6) is -0.722. The van der Waals surface area contributed by atoms with E-state index in [1.807, 2.05) is 0 Å². The van der Waals surface area contributed by atoms with Crippen LogP contribution in [0.5, 0.6) is 0 Å². The quantitative estimate of drug-likeness (QED) is 0.897. The van der Waals surface area contributed by atoms with E-state index in [2.05, 4.69) is 15.9 Å². The van der Waals surface area contributed by atoms with Crippen molar-refractivity contribution in [2.24, 2.45) is 5.73 Å². The maximum Gasteiger partial charge on any atom is 0.123 e. The van der Waals surface area contributed by atoms with Gasteiger partial charge in [0.15, 0.2) is 0 Å². The van der Waals surface area contributed by atoms with Crippen molar-refractivity contribution < 1.29 is 8.78 Å². The lowest BCUT2D eigenvalue weighted by Crippen LogP contribution is -2.13. The number of hydrogen-bond donors (Lipinski definition) is 1. The second-order valence-electron chi connectivity index (χ2n) is 3.70. The van der Waals surface area contributed by atoms with Crippen LogP contribution < -0.4 is 5.73 Å². The van der Waals surface area contributed by atoms with Crippen molar-refractivity contribution in [1.82, 2.24) is 0 Å². The molecule has 17 heavy (non-hydrogen) atoms. The molecule has 0 aliphatic rings. The summed E-state index contributed by atoms with van der Waals surface area (Å²) in [6.45, 7) is 0. The second-order valence-corrected chi connectivity index (χ2v) is 4.55. The lowest BCUT2D eigenvalue weighted by Gasteiger charge is -2.14. The molecule has 4 heteroatoms. The summed E-state index contributed by atoms with van der Waals surface area (Å²) in [6.07, 6.45) is 0. The van der Waals surface area contributed by atoms with E-state index < -0.39 is 6.04 Å². The average molecular weight is 298 g/mol. The molecule has 1 unspecified atom stereocenters. The highest BCUT2D eigenvalue weighted by Gasteiger charge is 2.13. The summed E-state index contributed by atoms with van der Waals surface area (Å²) in [4.78, 5) is 0. The molecule has 1 nitrogen and oxygen atoms in total. The van der Waals surface area contributed by atoms with Crippen LogP contribution in [0.3, 0.4) is 0 Å². The van der Waals surface area contributed by atoms with Gasteiger partial charge in [0.25, 0.3) is 0 Å². The van der Waals surface area contributed by atoms with Crippen molar-refractivity contribution in [2.75, 3.05) is 0 Å². The largest absolute Gasteiger partial charge is 0.320 e. The van der Waals surface area contributed by atoms with Crippen LogP contribution in [0.15, 0.2) is 46.9 Å². The molecule has 0 amide bonds. The third-order valence-corrected chi connectivity index (χ3v) is 3.22. The standard InChI is InChI=1S/C13H10BrF2N/c14-12-5-4-10(16)7-11(12)13(17)8-2-1-3-9(15)6-8/h1-7,13H,17H2. The zero-order valence-corrected chi connectivity index (χ0v) is 10.4. The highest BCUT2D eigenvalue weighted by molar-refractivity contribution is 9.10. The smallest absolute Gasteiger partial charge is 0.123 e. The zero-order chi connectivity index (χ0) is 12.4. The number of halogens is 3. The molecule has 88 valence electrons. The third kappa shape index (κ3) is 2.70. The molecule has 0 heterocycles. The van der Waals surface area contributed by atoms with Crippen molar-refractivity contribution in [3.05, 3.63) is 69.7 Å². The van der Waals surface area contributed by atoms with E-state index in [4.69, 9.17) is 5.73 Å². The fourth-order valence-electron chi connectivity index (χ4n) is 1.63. The molecule has 0 spiro atoms. The molecule has 0 aliphatic heterocycles. The molecule has 0 saturated carbocycles. The molecule has 0 bridgehead atoms. The van der Waals surface area contributed by atoms with Gasteiger partial charge < -0.3 is 5.73 Å². The minimum absolute atomic E-state index is 0.356. The van der Waals surface area contributed by atoms with Crippen molar-refractivity contribution in [2.45, 2.75) is 6.04 Å². The minimum Gasteiger partial charge on any atom is -0.320 e. The van der Waals surface area contributed by atoms with E-state index in [1.165, 1.54) is 24.3 Å². The first-order chi connectivity index (χ1) is 8.08. The Hall–Kier alpha value is -1.26. The normalized spacial score (nSPS) is 12.5. The van der Waals surface area contributed by atoms with Crippen LogP contribution in [-0.2, 0) is 0 Å². The summed E-state index contributed by atoms with van der Waals surface area (Å²) in [7, 11) is 0. The van der Waals surface area contributed by atoms with Crippen LogP contribution >= 0.6 is 15.9 Å². The van der Waals surface area contributed by atoms with Gasteiger partial charge in [0.05, 0.1) is 6.04 Å². The Bertz CT molecular complexity index is 543. The van der Waals surface area contributed by atoms with Gasteiger partial charge in [-0.25, -0.2) is 8.78 Å². The van der Waals surface area contributed by atoms with Crippen molar-refractivity contribution in [3.8, 4) is 0 Å². The number of nitrogens with two attached hydrogens (primary N) is 1. The Morgan fingerprint density at radius 2 is 1.71 bits per heavy atom. The maximum atomic E-state index is 13.2. The molecule has 0 saturated heterocycles. The Balaban J connectivity index is 2.43. The number of hydrogen-bond acceptors (Lipinski definition) is 1. The van der Waals surface area contributed by atoms with Gasteiger partial charge in [0.2, 0.25) is 0 Å². The molecule has 2 N–H and O–H groups in total. The van der Waals surface area contributed by atoms with Gasteiger partial charge in [0, 0.05) is 4.47 Å². The highest BCUT2D eigenvalue weighted by Crippen LogP contribution is 2.27. The van der Waals surface area contributed by atoms with E-state index >= 15 is 0 Å². The molecule has 1 atom stereocenters. The van der Waals surface area contributed by atoms with E-state index in [9.17, 15) is 8.78 Å². The van der Waals surface area contributed by atoms with Gasteiger partial charge in [-0.15, -0.1) is 0 Å². The van der Waals surface area contributed by atoms with Crippen LogP contribution in [0.2, 0.25) is 0 Å². The van der Waals surface area contributed by atoms with Gasteiger partial charge in [-0.05, 0) is 41.5 Å². The van der Waals surface area contributed by atoms with E-state index in [0.717, 1.165) is 0 Å². The number of rotatable bonds is 2. The van der Waals surface area contributed by atoms with E-state index in [-0.39, 0.29) is 11.6 Å². The summed E-state index contributed by atoms with van der Waals surface area (Å²) in [6, 6.07) is 9.70. The molecular weight excluding hydrogens is 288 g/mol. The fraction of sp³-hybridized carbons (Fsp3) is 0.0769. The van der Waals surface area contributed by atoms with Crippen molar-refractivity contribution >= 4 is 15.9 Å². The molecule has 2 rings (SSSR count). The Labute approximate surface area is 106 Å². The average Bonchev–Trinajstić information content (AvgIpc) is 2.31. The van der Waals surface area contributed by atoms with Crippen LogP contribution in [-0.4, -0.2) is 0 Å². The van der Waals surface area contributed by atoms with Crippen LogP contribution in [0, 0.1) is 11.6 Å². The molecule has 2 aromatic rings. The van der Waals surface area contributed by atoms with Crippen molar-refractivity contribution in [1.29, 1.82) is 0 Å². The van der Waals surface area contributed by atoms with Crippen LogP contribution in [0.1, 0.15) is 17.2 Å². The predicted molar refractivity (Wildman–Crippen MR) is 66.5 cm³/mol. The van der Waals surface area contributed by atoms with Crippen LogP contribution in [0.4, 0.5) is 8.78 Å². The highest BCUT2D eigenvalue weighted by atomic mass is 79.9. The second kappa shape index (κ2) is 4.94. The maximum absolute atomic E-state index is 13.2. The molecular formula is C13H10BrF2N. The SMILES string of the molecule is NC(c1cccc(F)c1)c1cc(F)ccc1Br. The van der Waals surface area contributed by atoms with Gasteiger partial charge in [0.1, 0.15) is 11.6 Å². The first kappa shape index (κ1) is 12.2. The summed E-state index contributed by atoms with van der Waals surface area (Å²) in [5, 5.41) is 0. The fourth-order valence-corrected chi connectivity index (χ4v) is 2.13. The Morgan fingerprint density at radius 3 is 2.41 bits per heavy atom. The molecule has 0 fully saturated rings. The lowest BCUT2D eigenvalue weighted by molar-refractivity contribution is 0.619. The topological polar surface area (TPSA) is 26.0 Å². The Morgan fingerprint density at radius 1 is 1.00 bits per heavy atom. The lowest BCUT2D eigenvalue weighted by atomic mass is 9.99. The zero-order valence-electron chi connectivity index (χ0n) is 8.83. The van der Waals surface area contributed by atoms with E-state index in [1.54, 1.807) is 18.2 Å². The predicted octanol–water partition coefficient (Wildman–Crippen LogP) is 3.78. The van der Waals surface area contributed by atoms with Gasteiger partial charge in [-0.3, -0.25) is 0 Å². The summed E-state index contributed by atoms with van der Waals surface area (Å²) >= 11 is 3.31. The number of benzene rings is 2. The summed E-state index contributed by atoms with van der Waals surface area (Å²) in [5.41, 5.74) is 7.19. The molecule has 2 aromatic carbocycles. The van der Waals surface area contributed by atoms with Crippen molar-refractivity contribution in [3.63, 3.8) is 0 Å². The molecule has 0 aliphatic carbocycles. The third-order valence-electron chi connectivity index (χ3n) is 2.50. The monoisotopic (exact) mass is 297 g/mol. The van der Waals surface area contributed by atoms with E-state index in [0.29, 0.717) is 15.6 Å². The first-order valence-electron chi connectivity index (χ1n) is 5.04. The van der Waals surface area contributed by atoms with Gasteiger partial charge >= 0.3 is 0 Å². The van der Waals surface area contributed by atoms with Gasteiger partial charge in [-0.2, -0.15) is 0 Å².